The van der Waals surface area contributed by atoms with Gasteiger partial charge in [0.1, 0.15) is 0 Å². The fraction of sp³-hybridized carbons (Fsp3) is 0.538. The van der Waals surface area contributed by atoms with Gasteiger partial charge < -0.3 is 0 Å². The maximum atomic E-state index is 12.4. The third kappa shape index (κ3) is 2.95. The van der Waals surface area contributed by atoms with Gasteiger partial charge in [0.15, 0.2) is 0 Å². The molecule has 1 aromatic carbocycles. The lowest BCUT2D eigenvalue weighted by molar-refractivity contribution is 0.427. The summed E-state index contributed by atoms with van der Waals surface area (Å²) in [5.74, 6) is 0. The molecule has 1 saturated carbocycles. The Bertz CT molecular complexity index is 548. The van der Waals surface area contributed by atoms with Gasteiger partial charge in [-0.1, -0.05) is 34.8 Å². The second-order valence-corrected chi connectivity index (χ2v) is 7.85. The average molecular weight is 332 g/mol. The van der Waals surface area contributed by atoms with Crippen molar-refractivity contribution in [2.24, 2.45) is 0 Å². The number of halogens is 1. The molecule has 1 aliphatic carbocycles. The maximum absolute atomic E-state index is 12.4. The number of sulfonamides is 1. The molecule has 0 bridgehead atoms. The zero-order valence-electron chi connectivity index (χ0n) is 10.7. The smallest absolute Gasteiger partial charge is 0.207 e. The minimum Gasteiger partial charge on any atom is -0.207 e. The van der Waals surface area contributed by atoms with Gasteiger partial charge in [-0.25, -0.2) is 13.1 Å². The summed E-state index contributed by atoms with van der Waals surface area (Å²) in [6.07, 6.45) is 4.02. The van der Waals surface area contributed by atoms with Crippen molar-refractivity contribution in [2.75, 3.05) is 0 Å². The average Bonchev–Trinajstić information content (AvgIpc) is 2.67. The molecule has 1 aromatic rings. The summed E-state index contributed by atoms with van der Waals surface area (Å²) in [6.45, 7) is 3.81. The van der Waals surface area contributed by atoms with E-state index in [1.165, 1.54) is 0 Å². The summed E-state index contributed by atoms with van der Waals surface area (Å²) < 4.78 is 28.5. The summed E-state index contributed by atoms with van der Waals surface area (Å²) >= 11 is 3.32. The molecular weight excluding hydrogens is 314 g/mol. The predicted octanol–water partition coefficient (Wildman–Crippen LogP) is 3.37. The Morgan fingerprint density at radius 3 is 2.50 bits per heavy atom. The monoisotopic (exact) mass is 331 g/mol. The van der Waals surface area contributed by atoms with Gasteiger partial charge in [-0.2, -0.15) is 0 Å². The summed E-state index contributed by atoms with van der Waals surface area (Å²) in [6, 6.07) is 5.33. The predicted molar refractivity (Wildman–Crippen MR) is 76.1 cm³/mol. The Morgan fingerprint density at radius 2 is 1.89 bits per heavy atom. The summed E-state index contributed by atoms with van der Waals surface area (Å²) in [4.78, 5) is 0.366. The molecule has 100 valence electrons. The van der Waals surface area contributed by atoms with E-state index in [2.05, 4.69) is 20.7 Å². The molecule has 18 heavy (non-hydrogen) atoms. The highest BCUT2D eigenvalue weighted by Gasteiger charge is 2.34. The van der Waals surface area contributed by atoms with E-state index in [1.807, 2.05) is 26.0 Å². The topological polar surface area (TPSA) is 46.2 Å². The molecule has 0 amide bonds. The molecule has 2 rings (SSSR count). The van der Waals surface area contributed by atoms with Crippen LogP contribution in [-0.4, -0.2) is 14.0 Å². The van der Waals surface area contributed by atoms with Gasteiger partial charge in [-0.15, -0.1) is 0 Å². The van der Waals surface area contributed by atoms with Crippen LogP contribution in [0.5, 0.6) is 0 Å². The summed E-state index contributed by atoms with van der Waals surface area (Å²) in [7, 11) is -3.44. The molecule has 0 unspecified atom stereocenters. The first-order chi connectivity index (χ1) is 8.32. The molecule has 1 N–H and O–H groups in total. The molecule has 0 heterocycles. The first-order valence-corrected chi connectivity index (χ1v) is 8.40. The fourth-order valence-electron chi connectivity index (χ4n) is 2.50. The lowest BCUT2D eigenvalue weighted by Gasteiger charge is -2.25. The van der Waals surface area contributed by atoms with E-state index in [-0.39, 0.29) is 5.54 Å². The van der Waals surface area contributed by atoms with Gasteiger partial charge >= 0.3 is 0 Å². The largest absolute Gasteiger partial charge is 0.241 e. The Labute approximate surface area is 117 Å². The highest BCUT2D eigenvalue weighted by molar-refractivity contribution is 9.10. The summed E-state index contributed by atoms with van der Waals surface area (Å²) in [5.41, 5.74) is 0.487. The van der Waals surface area contributed by atoms with Crippen molar-refractivity contribution in [1.82, 2.24) is 4.72 Å². The van der Waals surface area contributed by atoms with Crippen molar-refractivity contribution in [3.63, 3.8) is 0 Å². The zero-order chi connectivity index (χ0) is 13.4. The number of nitrogens with one attached hydrogen (secondary N) is 1. The minimum atomic E-state index is -3.44. The fourth-order valence-corrected chi connectivity index (χ4v) is 4.75. The Hall–Kier alpha value is -0.390. The van der Waals surface area contributed by atoms with E-state index in [4.69, 9.17) is 0 Å². The maximum Gasteiger partial charge on any atom is 0.241 e. The van der Waals surface area contributed by atoms with E-state index >= 15 is 0 Å². The number of aryl methyl sites for hydroxylation is 1. The van der Waals surface area contributed by atoms with E-state index in [9.17, 15) is 8.42 Å². The van der Waals surface area contributed by atoms with Gasteiger partial charge in [0.05, 0.1) is 4.90 Å². The highest BCUT2D eigenvalue weighted by Crippen LogP contribution is 2.31. The molecule has 0 saturated heterocycles. The van der Waals surface area contributed by atoms with E-state index in [0.717, 1.165) is 35.7 Å². The normalized spacial score (nSPS) is 19.1. The minimum absolute atomic E-state index is 0.284. The lowest BCUT2D eigenvalue weighted by Crippen LogP contribution is -2.43. The zero-order valence-corrected chi connectivity index (χ0v) is 13.1. The van der Waals surface area contributed by atoms with Crippen molar-refractivity contribution >= 4 is 26.0 Å². The molecule has 5 heteroatoms. The third-order valence-corrected chi connectivity index (χ3v) is 5.80. The van der Waals surface area contributed by atoms with Gasteiger partial charge in [0.25, 0.3) is 0 Å². The van der Waals surface area contributed by atoms with Crippen LogP contribution in [0.4, 0.5) is 0 Å². The van der Waals surface area contributed by atoms with E-state index in [1.54, 1.807) is 6.07 Å². The van der Waals surface area contributed by atoms with Gasteiger partial charge in [0.2, 0.25) is 10.0 Å². The molecule has 0 aromatic heterocycles. The van der Waals surface area contributed by atoms with Crippen LogP contribution < -0.4 is 4.72 Å². The van der Waals surface area contributed by atoms with Crippen LogP contribution in [0, 0.1) is 6.92 Å². The Morgan fingerprint density at radius 1 is 1.28 bits per heavy atom. The van der Waals surface area contributed by atoms with Crippen LogP contribution in [0.3, 0.4) is 0 Å². The number of rotatable bonds is 3. The van der Waals surface area contributed by atoms with Crippen molar-refractivity contribution in [3.8, 4) is 0 Å². The van der Waals surface area contributed by atoms with Crippen molar-refractivity contribution in [3.05, 3.63) is 28.2 Å². The first kappa shape index (κ1) is 14.0. The second-order valence-electron chi connectivity index (χ2n) is 5.28. The SMILES string of the molecule is Cc1ccc(Br)cc1S(=O)(=O)NC1(C)CCCC1. The van der Waals surface area contributed by atoms with E-state index < -0.39 is 10.0 Å². The van der Waals surface area contributed by atoms with Crippen molar-refractivity contribution in [1.29, 1.82) is 0 Å². The van der Waals surface area contributed by atoms with Crippen LogP contribution in [-0.2, 0) is 10.0 Å². The van der Waals surface area contributed by atoms with E-state index in [0.29, 0.717) is 4.90 Å². The van der Waals surface area contributed by atoms with Crippen LogP contribution >= 0.6 is 15.9 Å². The molecule has 0 radical (unpaired) electrons. The number of hydrogen-bond acceptors (Lipinski definition) is 2. The molecule has 1 aliphatic rings. The van der Waals surface area contributed by atoms with Crippen LogP contribution in [0.15, 0.2) is 27.6 Å². The third-order valence-electron chi connectivity index (χ3n) is 3.53. The first-order valence-electron chi connectivity index (χ1n) is 6.13. The Kier molecular flexibility index (Phi) is 3.85. The number of benzene rings is 1. The molecular formula is C13H18BrNO2S. The second kappa shape index (κ2) is 4.94. The summed E-state index contributed by atoms with van der Waals surface area (Å²) in [5, 5.41) is 0. The molecule has 3 nitrogen and oxygen atoms in total. The molecule has 1 fully saturated rings. The van der Waals surface area contributed by atoms with Crippen molar-refractivity contribution in [2.45, 2.75) is 50.0 Å². The van der Waals surface area contributed by atoms with Gasteiger partial charge in [-0.3, -0.25) is 0 Å². The van der Waals surface area contributed by atoms with Gasteiger partial charge in [-0.05, 0) is 44.4 Å². The standard InChI is InChI=1S/C13H18BrNO2S/c1-10-5-6-11(14)9-12(10)18(16,17)15-13(2)7-3-4-8-13/h5-6,9,15H,3-4,7-8H2,1-2H3. The number of hydrogen-bond donors (Lipinski definition) is 1. The highest BCUT2D eigenvalue weighted by atomic mass is 79.9. The Balaban J connectivity index is 2.33. The van der Waals surface area contributed by atoms with Crippen LogP contribution in [0.2, 0.25) is 0 Å². The lowest BCUT2D eigenvalue weighted by atomic mass is 10.0. The van der Waals surface area contributed by atoms with Crippen LogP contribution in [0.1, 0.15) is 38.2 Å². The molecule has 0 aliphatic heterocycles. The van der Waals surface area contributed by atoms with Crippen molar-refractivity contribution < 1.29 is 8.42 Å². The van der Waals surface area contributed by atoms with Crippen LogP contribution in [0.25, 0.3) is 0 Å². The quantitative estimate of drug-likeness (QED) is 0.922. The molecule has 0 spiro atoms. The molecule has 0 atom stereocenters. The van der Waals surface area contributed by atoms with Gasteiger partial charge in [0, 0.05) is 10.0 Å².